The van der Waals surface area contributed by atoms with Crippen LogP contribution in [-0.2, 0) is 4.74 Å². The fourth-order valence-corrected chi connectivity index (χ4v) is 2.00. The Morgan fingerprint density at radius 1 is 1.29 bits per heavy atom. The first-order chi connectivity index (χ1) is 8.36. The maximum atomic E-state index is 9.00. The first-order valence-corrected chi connectivity index (χ1v) is 5.98. The van der Waals surface area contributed by atoms with Gasteiger partial charge in [-0.05, 0) is 18.9 Å². The van der Waals surface area contributed by atoms with Gasteiger partial charge >= 0.3 is 0 Å². The molecule has 0 bridgehead atoms. The van der Waals surface area contributed by atoms with Gasteiger partial charge in [0.2, 0.25) is 5.95 Å². The summed E-state index contributed by atoms with van der Waals surface area (Å²) in [6.07, 6.45) is 2.37. The molecular formula is C12H14N4O. The van der Waals surface area contributed by atoms with Crippen molar-refractivity contribution in [3.05, 3.63) is 17.5 Å². The van der Waals surface area contributed by atoms with E-state index < -0.39 is 0 Å². The minimum absolute atomic E-state index is 0.475. The van der Waals surface area contributed by atoms with E-state index in [1.807, 2.05) is 6.07 Å². The molecule has 2 heterocycles. The van der Waals surface area contributed by atoms with Crippen molar-refractivity contribution in [1.29, 1.82) is 5.26 Å². The van der Waals surface area contributed by atoms with Crippen LogP contribution in [0.1, 0.15) is 30.1 Å². The molecule has 0 aromatic carbocycles. The molecule has 2 aliphatic rings. The molecule has 0 amide bonds. The number of morpholine rings is 1. The van der Waals surface area contributed by atoms with Crippen LogP contribution in [0.25, 0.3) is 0 Å². The Balaban J connectivity index is 1.91. The molecule has 88 valence electrons. The van der Waals surface area contributed by atoms with Crippen LogP contribution in [0.2, 0.25) is 0 Å². The van der Waals surface area contributed by atoms with Gasteiger partial charge < -0.3 is 9.64 Å². The maximum absolute atomic E-state index is 9.00. The van der Waals surface area contributed by atoms with Gasteiger partial charge in [-0.25, -0.2) is 9.97 Å². The summed E-state index contributed by atoms with van der Waals surface area (Å²) < 4.78 is 5.31. The van der Waals surface area contributed by atoms with E-state index in [0.717, 1.165) is 18.8 Å². The average Bonchev–Trinajstić information content (AvgIpc) is 3.23. The van der Waals surface area contributed by atoms with Gasteiger partial charge in [0.25, 0.3) is 0 Å². The van der Waals surface area contributed by atoms with E-state index in [4.69, 9.17) is 10.00 Å². The molecule has 0 radical (unpaired) electrons. The van der Waals surface area contributed by atoms with Crippen LogP contribution in [0.15, 0.2) is 6.07 Å². The highest BCUT2D eigenvalue weighted by molar-refractivity contribution is 5.38. The molecule has 0 unspecified atom stereocenters. The molecule has 1 aromatic rings. The molecule has 0 atom stereocenters. The maximum Gasteiger partial charge on any atom is 0.226 e. The topological polar surface area (TPSA) is 62.0 Å². The van der Waals surface area contributed by atoms with Crippen LogP contribution in [-0.4, -0.2) is 36.3 Å². The van der Waals surface area contributed by atoms with E-state index in [2.05, 4.69) is 20.9 Å². The normalized spacial score (nSPS) is 20.1. The van der Waals surface area contributed by atoms with Crippen LogP contribution >= 0.6 is 0 Å². The lowest BCUT2D eigenvalue weighted by atomic mass is 10.2. The second kappa shape index (κ2) is 4.30. The number of hydrogen-bond donors (Lipinski definition) is 0. The van der Waals surface area contributed by atoms with Crippen molar-refractivity contribution >= 4 is 5.95 Å². The summed E-state index contributed by atoms with van der Waals surface area (Å²) in [5, 5.41) is 9.00. The molecule has 0 N–H and O–H groups in total. The van der Waals surface area contributed by atoms with Crippen molar-refractivity contribution in [3.8, 4) is 6.07 Å². The summed E-state index contributed by atoms with van der Waals surface area (Å²) in [5.41, 5.74) is 1.50. The Bertz CT molecular complexity index is 458. The van der Waals surface area contributed by atoms with E-state index in [-0.39, 0.29) is 0 Å². The SMILES string of the molecule is N#Cc1cc(C2CC2)nc(N2CCOCC2)n1. The quantitative estimate of drug-likeness (QED) is 0.760. The van der Waals surface area contributed by atoms with E-state index in [9.17, 15) is 0 Å². The highest BCUT2D eigenvalue weighted by Gasteiger charge is 2.27. The summed E-state index contributed by atoms with van der Waals surface area (Å²) >= 11 is 0. The first-order valence-electron chi connectivity index (χ1n) is 5.98. The summed E-state index contributed by atoms with van der Waals surface area (Å²) in [4.78, 5) is 11.0. The molecule has 2 fully saturated rings. The van der Waals surface area contributed by atoms with E-state index in [0.29, 0.717) is 30.8 Å². The number of rotatable bonds is 2. The fraction of sp³-hybridized carbons (Fsp3) is 0.583. The molecule has 5 heteroatoms. The third kappa shape index (κ3) is 2.22. The van der Waals surface area contributed by atoms with Crippen molar-refractivity contribution < 1.29 is 4.74 Å². The van der Waals surface area contributed by atoms with Gasteiger partial charge in [0, 0.05) is 19.0 Å². The van der Waals surface area contributed by atoms with Crippen LogP contribution in [0.5, 0.6) is 0 Å². The minimum Gasteiger partial charge on any atom is -0.378 e. The van der Waals surface area contributed by atoms with Crippen LogP contribution in [0, 0.1) is 11.3 Å². The predicted octanol–water partition coefficient (Wildman–Crippen LogP) is 1.06. The fourth-order valence-electron chi connectivity index (χ4n) is 2.00. The minimum atomic E-state index is 0.475. The van der Waals surface area contributed by atoms with Crippen molar-refractivity contribution in [1.82, 2.24) is 9.97 Å². The van der Waals surface area contributed by atoms with Gasteiger partial charge in [-0.1, -0.05) is 0 Å². The van der Waals surface area contributed by atoms with Gasteiger partial charge in [0.05, 0.1) is 18.9 Å². The van der Waals surface area contributed by atoms with E-state index >= 15 is 0 Å². The summed E-state index contributed by atoms with van der Waals surface area (Å²) in [6, 6.07) is 3.94. The van der Waals surface area contributed by atoms with Crippen LogP contribution < -0.4 is 4.90 Å². The Kier molecular flexibility index (Phi) is 2.65. The highest BCUT2D eigenvalue weighted by atomic mass is 16.5. The second-order valence-electron chi connectivity index (χ2n) is 4.46. The predicted molar refractivity (Wildman–Crippen MR) is 61.8 cm³/mol. The number of aromatic nitrogens is 2. The Labute approximate surface area is 100 Å². The van der Waals surface area contributed by atoms with Crippen molar-refractivity contribution in [2.45, 2.75) is 18.8 Å². The average molecular weight is 230 g/mol. The second-order valence-corrected chi connectivity index (χ2v) is 4.46. The third-order valence-corrected chi connectivity index (χ3v) is 3.14. The number of nitriles is 1. The lowest BCUT2D eigenvalue weighted by Gasteiger charge is -2.27. The zero-order chi connectivity index (χ0) is 11.7. The lowest BCUT2D eigenvalue weighted by molar-refractivity contribution is 0.122. The van der Waals surface area contributed by atoms with E-state index in [1.54, 1.807) is 0 Å². The lowest BCUT2D eigenvalue weighted by Crippen LogP contribution is -2.37. The number of anilines is 1. The van der Waals surface area contributed by atoms with Crippen LogP contribution in [0.3, 0.4) is 0 Å². The van der Waals surface area contributed by atoms with Gasteiger partial charge in [-0.15, -0.1) is 0 Å². The van der Waals surface area contributed by atoms with E-state index in [1.165, 1.54) is 12.8 Å². The molecule has 3 rings (SSSR count). The number of nitrogens with zero attached hydrogens (tertiary/aromatic N) is 4. The standard InChI is InChI=1S/C12H14N4O/c13-8-10-7-11(9-1-2-9)15-12(14-10)16-3-5-17-6-4-16/h7,9H,1-6H2. The molecular weight excluding hydrogens is 216 g/mol. The molecule has 1 aliphatic heterocycles. The summed E-state index contributed by atoms with van der Waals surface area (Å²) in [6.45, 7) is 3.02. The molecule has 0 spiro atoms. The molecule has 1 saturated carbocycles. The van der Waals surface area contributed by atoms with Gasteiger partial charge in [-0.3, -0.25) is 0 Å². The van der Waals surface area contributed by atoms with Crippen molar-refractivity contribution in [3.63, 3.8) is 0 Å². The summed E-state index contributed by atoms with van der Waals surface area (Å²) in [5.74, 6) is 1.24. The molecule has 1 aromatic heterocycles. The third-order valence-electron chi connectivity index (χ3n) is 3.14. The number of ether oxygens (including phenoxy) is 1. The van der Waals surface area contributed by atoms with Gasteiger partial charge in [-0.2, -0.15) is 5.26 Å². The molecule has 1 saturated heterocycles. The Morgan fingerprint density at radius 2 is 2.06 bits per heavy atom. The zero-order valence-electron chi connectivity index (χ0n) is 9.59. The Hall–Kier alpha value is -1.67. The molecule has 17 heavy (non-hydrogen) atoms. The summed E-state index contributed by atoms with van der Waals surface area (Å²) in [7, 11) is 0. The highest BCUT2D eigenvalue weighted by Crippen LogP contribution is 2.39. The van der Waals surface area contributed by atoms with Crippen molar-refractivity contribution in [2.24, 2.45) is 0 Å². The monoisotopic (exact) mass is 230 g/mol. The first kappa shape index (κ1) is 10.5. The smallest absolute Gasteiger partial charge is 0.226 e. The van der Waals surface area contributed by atoms with Crippen molar-refractivity contribution in [2.75, 3.05) is 31.2 Å². The zero-order valence-corrected chi connectivity index (χ0v) is 9.59. The number of hydrogen-bond acceptors (Lipinski definition) is 5. The Morgan fingerprint density at radius 3 is 2.71 bits per heavy atom. The molecule has 1 aliphatic carbocycles. The van der Waals surface area contributed by atoms with Gasteiger partial charge in [0.1, 0.15) is 11.8 Å². The van der Waals surface area contributed by atoms with Crippen LogP contribution in [0.4, 0.5) is 5.95 Å². The van der Waals surface area contributed by atoms with Gasteiger partial charge in [0.15, 0.2) is 0 Å². The molecule has 5 nitrogen and oxygen atoms in total. The largest absolute Gasteiger partial charge is 0.378 e.